The predicted octanol–water partition coefficient (Wildman–Crippen LogP) is 0.858. The van der Waals surface area contributed by atoms with E-state index in [1.165, 1.54) is 0 Å². The molecule has 0 aromatic heterocycles. The van der Waals surface area contributed by atoms with Crippen molar-refractivity contribution in [2.75, 3.05) is 32.0 Å². The number of nitrogen functional groups attached to an aromatic ring is 1. The molecule has 1 aromatic rings. The van der Waals surface area contributed by atoms with Crippen LogP contribution in [-0.2, 0) is 16.1 Å². The molecule has 1 aromatic carbocycles. The molecule has 114 valence electrons. The van der Waals surface area contributed by atoms with Crippen LogP contribution in [0.4, 0.5) is 5.69 Å². The van der Waals surface area contributed by atoms with Crippen LogP contribution in [-0.4, -0.2) is 47.9 Å². The second kappa shape index (κ2) is 6.47. The second-order valence-electron chi connectivity index (χ2n) is 4.91. The van der Waals surface area contributed by atoms with Gasteiger partial charge in [0.05, 0.1) is 6.61 Å². The van der Waals surface area contributed by atoms with Gasteiger partial charge < -0.3 is 20.3 Å². The number of nitrogens with two attached hydrogens (primary N) is 1. The molecule has 2 rings (SSSR count). The summed E-state index contributed by atoms with van der Waals surface area (Å²) in [5, 5.41) is 0. The number of anilines is 1. The monoisotopic (exact) mass is 291 g/mol. The predicted molar refractivity (Wildman–Crippen MR) is 79.7 cm³/mol. The van der Waals surface area contributed by atoms with Crippen molar-refractivity contribution >= 4 is 17.5 Å². The molecule has 1 aliphatic rings. The van der Waals surface area contributed by atoms with Gasteiger partial charge in [-0.1, -0.05) is 0 Å². The maximum Gasteiger partial charge on any atom is 0.312 e. The van der Waals surface area contributed by atoms with Crippen LogP contribution in [0.15, 0.2) is 18.2 Å². The highest BCUT2D eigenvalue weighted by Gasteiger charge is 2.31. The van der Waals surface area contributed by atoms with Crippen LogP contribution in [0.25, 0.3) is 0 Å². The Morgan fingerprint density at radius 2 is 1.81 bits per heavy atom. The van der Waals surface area contributed by atoms with Crippen LogP contribution in [0.1, 0.15) is 19.4 Å². The van der Waals surface area contributed by atoms with Gasteiger partial charge in [0.25, 0.3) is 0 Å². The van der Waals surface area contributed by atoms with Crippen molar-refractivity contribution < 1.29 is 14.3 Å². The summed E-state index contributed by atoms with van der Waals surface area (Å²) in [5.41, 5.74) is 7.23. The van der Waals surface area contributed by atoms with E-state index in [4.69, 9.17) is 10.5 Å². The van der Waals surface area contributed by atoms with Gasteiger partial charge in [0, 0.05) is 37.4 Å². The largest absolute Gasteiger partial charge is 0.494 e. The number of rotatable bonds is 5. The van der Waals surface area contributed by atoms with E-state index in [9.17, 15) is 9.59 Å². The molecule has 2 N–H and O–H groups in total. The molecule has 0 saturated carbocycles. The summed E-state index contributed by atoms with van der Waals surface area (Å²) in [4.78, 5) is 27.1. The molecule has 1 aliphatic heterocycles. The topological polar surface area (TPSA) is 75.9 Å². The Morgan fingerprint density at radius 3 is 2.48 bits per heavy atom. The lowest BCUT2D eigenvalue weighted by molar-refractivity contribution is -0.156. The summed E-state index contributed by atoms with van der Waals surface area (Å²) < 4.78 is 5.55. The molecule has 0 unspecified atom stereocenters. The van der Waals surface area contributed by atoms with Crippen LogP contribution in [0.2, 0.25) is 0 Å². The van der Waals surface area contributed by atoms with E-state index in [0.29, 0.717) is 44.2 Å². The summed E-state index contributed by atoms with van der Waals surface area (Å²) >= 11 is 0. The number of amides is 2. The summed E-state index contributed by atoms with van der Waals surface area (Å²) in [6.45, 7) is 6.28. The van der Waals surface area contributed by atoms with Gasteiger partial charge >= 0.3 is 11.8 Å². The van der Waals surface area contributed by atoms with Gasteiger partial charge in [0.2, 0.25) is 0 Å². The number of nitrogens with zero attached hydrogens (tertiary/aromatic N) is 2. The highest BCUT2D eigenvalue weighted by atomic mass is 16.5. The molecule has 1 saturated heterocycles. The van der Waals surface area contributed by atoms with Crippen LogP contribution in [0, 0.1) is 0 Å². The zero-order valence-electron chi connectivity index (χ0n) is 12.5. The molecule has 21 heavy (non-hydrogen) atoms. The van der Waals surface area contributed by atoms with Crippen molar-refractivity contribution in [2.45, 2.75) is 20.4 Å². The van der Waals surface area contributed by atoms with E-state index in [1.54, 1.807) is 28.0 Å². The normalized spacial score (nSPS) is 15.5. The third-order valence-corrected chi connectivity index (χ3v) is 3.52. The Balaban J connectivity index is 2.16. The van der Waals surface area contributed by atoms with Gasteiger partial charge in [-0.05, 0) is 32.0 Å². The van der Waals surface area contributed by atoms with E-state index in [1.807, 2.05) is 13.8 Å². The maximum atomic E-state index is 12.1. The van der Waals surface area contributed by atoms with Gasteiger partial charge in [-0.25, -0.2) is 0 Å². The molecule has 0 radical (unpaired) electrons. The first-order chi connectivity index (χ1) is 10.1. The fourth-order valence-corrected chi connectivity index (χ4v) is 2.39. The minimum absolute atomic E-state index is 0.336. The number of hydrogen-bond acceptors (Lipinski definition) is 4. The van der Waals surface area contributed by atoms with E-state index in [2.05, 4.69) is 0 Å². The Bertz CT molecular complexity index is 545. The number of ether oxygens (including phenoxy) is 1. The van der Waals surface area contributed by atoms with Crippen LogP contribution < -0.4 is 10.5 Å². The fourth-order valence-electron chi connectivity index (χ4n) is 2.39. The molecule has 6 heteroatoms. The first kappa shape index (κ1) is 15.2. The highest BCUT2D eigenvalue weighted by Crippen LogP contribution is 2.24. The lowest BCUT2D eigenvalue weighted by atomic mass is 10.1. The average Bonchev–Trinajstić information content (AvgIpc) is 2.47. The average molecular weight is 291 g/mol. The lowest BCUT2D eigenvalue weighted by Gasteiger charge is -2.33. The van der Waals surface area contributed by atoms with Gasteiger partial charge in [-0.2, -0.15) is 0 Å². The molecule has 0 spiro atoms. The summed E-state index contributed by atoms with van der Waals surface area (Å²) in [7, 11) is 0. The second-order valence-corrected chi connectivity index (χ2v) is 4.91. The van der Waals surface area contributed by atoms with E-state index >= 15 is 0 Å². The summed E-state index contributed by atoms with van der Waals surface area (Å²) in [6.07, 6.45) is 0. The van der Waals surface area contributed by atoms with Crippen molar-refractivity contribution in [2.24, 2.45) is 0 Å². The van der Waals surface area contributed by atoms with Crippen molar-refractivity contribution in [3.05, 3.63) is 23.8 Å². The SMILES string of the molecule is CCOc1ccc(N)cc1CN1CCN(CC)C(=O)C1=O. The number of hydrogen-bond donors (Lipinski definition) is 1. The molecule has 1 fully saturated rings. The highest BCUT2D eigenvalue weighted by molar-refractivity contribution is 6.35. The van der Waals surface area contributed by atoms with Crippen LogP contribution in [0.3, 0.4) is 0 Å². The fraction of sp³-hybridized carbons (Fsp3) is 0.467. The van der Waals surface area contributed by atoms with Crippen molar-refractivity contribution in [3.63, 3.8) is 0 Å². The van der Waals surface area contributed by atoms with Crippen molar-refractivity contribution in [1.29, 1.82) is 0 Å². The Hall–Kier alpha value is -2.24. The minimum Gasteiger partial charge on any atom is -0.494 e. The van der Waals surface area contributed by atoms with Crippen LogP contribution in [0.5, 0.6) is 5.75 Å². The van der Waals surface area contributed by atoms with E-state index < -0.39 is 11.8 Å². The zero-order chi connectivity index (χ0) is 15.4. The Morgan fingerprint density at radius 1 is 1.14 bits per heavy atom. The number of benzene rings is 1. The molecule has 2 amide bonds. The first-order valence-electron chi connectivity index (χ1n) is 7.16. The smallest absolute Gasteiger partial charge is 0.312 e. The summed E-state index contributed by atoms with van der Waals surface area (Å²) in [6, 6.07) is 5.34. The third-order valence-electron chi connectivity index (χ3n) is 3.52. The van der Waals surface area contributed by atoms with E-state index in [-0.39, 0.29) is 0 Å². The Kier molecular flexibility index (Phi) is 4.67. The van der Waals surface area contributed by atoms with Gasteiger partial charge in [0.1, 0.15) is 5.75 Å². The molecule has 0 atom stereocenters. The number of piperazine rings is 1. The third kappa shape index (κ3) is 3.26. The van der Waals surface area contributed by atoms with E-state index in [0.717, 1.165) is 5.56 Å². The first-order valence-corrected chi connectivity index (χ1v) is 7.16. The van der Waals surface area contributed by atoms with Crippen molar-refractivity contribution in [1.82, 2.24) is 9.80 Å². The maximum absolute atomic E-state index is 12.1. The number of carbonyl (C=O) groups excluding carboxylic acids is 2. The molecule has 0 bridgehead atoms. The van der Waals surface area contributed by atoms with Gasteiger partial charge in [-0.3, -0.25) is 9.59 Å². The van der Waals surface area contributed by atoms with Gasteiger partial charge in [0.15, 0.2) is 0 Å². The van der Waals surface area contributed by atoms with Crippen LogP contribution >= 0.6 is 0 Å². The number of carbonyl (C=O) groups is 2. The molecule has 1 heterocycles. The quantitative estimate of drug-likeness (QED) is 0.645. The van der Waals surface area contributed by atoms with Gasteiger partial charge in [-0.15, -0.1) is 0 Å². The molecule has 0 aliphatic carbocycles. The standard InChI is InChI=1S/C15H21N3O3/c1-3-17-7-8-18(15(20)14(17)19)10-11-9-12(16)5-6-13(11)21-4-2/h5-6,9H,3-4,7-8,10,16H2,1-2H3. The zero-order valence-corrected chi connectivity index (χ0v) is 12.5. The molecule has 6 nitrogen and oxygen atoms in total. The van der Waals surface area contributed by atoms with Crippen molar-refractivity contribution in [3.8, 4) is 5.75 Å². The Labute approximate surface area is 124 Å². The summed E-state index contributed by atoms with van der Waals surface area (Å²) in [5.74, 6) is -0.205. The minimum atomic E-state index is -0.465. The molecular weight excluding hydrogens is 270 g/mol. The number of likely N-dealkylation sites (N-methyl/N-ethyl adjacent to an activating group) is 1. The molecular formula is C15H21N3O3. The lowest BCUT2D eigenvalue weighted by Crippen LogP contribution is -2.53.